The second-order valence-electron chi connectivity index (χ2n) is 10.9. The first kappa shape index (κ1) is 27.6. The second-order valence-corrected chi connectivity index (χ2v) is 11.9. The lowest BCUT2D eigenvalue weighted by Gasteiger charge is -2.29. The Kier molecular flexibility index (Phi) is 7.43. The Morgan fingerprint density at radius 2 is 1.98 bits per heavy atom. The van der Waals surface area contributed by atoms with E-state index in [0.717, 1.165) is 18.4 Å². The van der Waals surface area contributed by atoms with E-state index in [2.05, 4.69) is 4.98 Å². The maximum atomic E-state index is 14.4. The number of carbonyl (C=O) groups is 1. The summed E-state index contributed by atoms with van der Waals surface area (Å²) in [6.45, 7) is 4.71. The van der Waals surface area contributed by atoms with E-state index in [9.17, 15) is 14.4 Å². The molecule has 1 aliphatic carbocycles. The van der Waals surface area contributed by atoms with Crippen LogP contribution in [0.1, 0.15) is 56.3 Å². The van der Waals surface area contributed by atoms with Gasteiger partial charge in [-0.25, -0.2) is 9.78 Å². The number of para-hydroxylation sites is 1. The molecule has 0 N–H and O–H groups in total. The summed E-state index contributed by atoms with van der Waals surface area (Å²) in [4.78, 5) is 46.2. The molecule has 1 unspecified atom stereocenters. The lowest BCUT2D eigenvalue weighted by atomic mass is 10.1. The molecule has 2 fully saturated rings. The summed E-state index contributed by atoms with van der Waals surface area (Å²) in [7, 11) is 1.61. The van der Waals surface area contributed by atoms with Crippen LogP contribution in [0.2, 0.25) is 0 Å². The maximum Gasteiger partial charge on any atom is 0.332 e. The van der Waals surface area contributed by atoms with Gasteiger partial charge < -0.3 is 18.6 Å². The van der Waals surface area contributed by atoms with Crippen molar-refractivity contribution in [3.8, 4) is 16.5 Å². The number of oxazole rings is 1. The first-order valence-corrected chi connectivity index (χ1v) is 14.7. The molecule has 1 atom stereocenters. The average Bonchev–Trinajstić information content (AvgIpc) is 3.35. The molecule has 0 amide bonds. The largest absolute Gasteiger partial charge is 0.496 e. The van der Waals surface area contributed by atoms with Crippen molar-refractivity contribution in [3.63, 3.8) is 0 Å². The molecule has 2 aliphatic rings. The number of aryl methyl sites for hydroxylation is 1. The lowest BCUT2D eigenvalue weighted by molar-refractivity contribution is -0.118. The summed E-state index contributed by atoms with van der Waals surface area (Å²) >= 11 is 1.30. The van der Waals surface area contributed by atoms with E-state index < -0.39 is 17.3 Å². The highest BCUT2D eigenvalue weighted by atomic mass is 32.1. The summed E-state index contributed by atoms with van der Waals surface area (Å²) < 4.78 is 26.5. The summed E-state index contributed by atoms with van der Waals surface area (Å²) in [5.41, 5.74) is -0.139. The summed E-state index contributed by atoms with van der Waals surface area (Å²) in [5, 5.41) is 0.433. The molecular formula is C30H33N3O7S. The van der Waals surface area contributed by atoms with Crippen molar-refractivity contribution in [1.29, 1.82) is 0 Å². The molecule has 0 radical (unpaired) electrons. The number of fused-ring (bicyclic) bond motifs is 1. The number of rotatable bonds is 10. The molecule has 1 saturated heterocycles. The molecule has 0 bridgehead atoms. The van der Waals surface area contributed by atoms with Crippen molar-refractivity contribution in [2.24, 2.45) is 0 Å². The standard InChI is InChI=1S/C30H33N3O7S/c1-18(34)16-30(10-11-30)33-27(35)24-19(2)25(26-31-12-15-39-26)41-28(24)32(29(33)36)17-23(40-20-8-13-38-14-9-20)21-6-4-5-7-22(21)37-3/h4-7,12,15,20,23H,8-11,13-14,16-17H2,1-3H3. The molecule has 6 rings (SSSR count). The number of benzene rings is 1. The number of nitrogens with zero attached hydrogens (tertiary/aromatic N) is 3. The van der Waals surface area contributed by atoms with Gasteiger partial charge in [-0.15, -0.1) is 11.3 Å². The fourth-order valence-corrected chi connectivity index (χ4v) is 7.15. The van der Waals surface area contributed by atoms with Crippen LogP contribution in [0.3, 0.4) is 0 Å². The van der Waals surface area contributed by atoms with Gasteiger partial charge in [-0.05, 0) is 51.2 Å². The molecule has 1 aromatic carbocycles. The zero-order chi connectivity index (χ0) is 28.7. The maximum absolute atomic E-state index is 14.4. The van der Waals surface area contributed by atoms with Gasteiger partial charge in [-0.1, -0.05) is 18.2 Å². The van der Waals surface area contributed by atoms with Gasteiger partial charge in [-0.2, -0.15) is 0 Å². The van der Waals surface area contributed by atoms with Crippen molar-refractivity contribution >= 4 is 27.3 Å². The van der Waals surface area contributed by atoms with Gasteiger partial charge in [0.2, 0.25) is 5.89 Å². The number of carbonyl (C=O) groups excluding carboxylic acids is 1. The monoisotopic (exact) mass is 579 g/mol. The molecule has 4 aromatic rings. The van der Waals surface area contributed by atoms with E-state index in [-0.39, 0.29) is 30.4 Å². The van der Waals surface area contributed by atoms with Gasteiger partial charge in [0.25, 0.3) is 5.56 Å². The molecule has 216 valence electrons. The molecular weight excluding hydrogens is 546 g/mol. The molecule has 11 heteroatoms. The van der Waals surface area contributed by atoms with Crippen LogP contribution >= 0.6 is 11.3 Å². The zero-order valence-electron chi connectivity index (χ0n) is 23.4. The van der Waals surface area contributed by atoms with E-state index >= 15 is 0 Å². The molecule has 4 heterocycles. The molecule has 3 aromatic heterocycles. The Hall–Kier alpha value is -3.54. The number of hydrogen-bond acceptors (Lipinski definition) is 9. The van der Waals surface area contributed by atoms with Crippen LogP contribution in [-0.4, -0.2) is 46.3 Å². The summed E-state index contributed by atoms with van der Waals surface area (Å²) in [6.07, 6.45) is 5.24. The zero-order valence-corrected chi connectivity index (χ0v) is 24.2. The number of methoxy groups -OCH3 is 1. The molecule has 0 spiro atoms. The highest BCUT2D eigenvalue weighted by Crippen LogP contribution is 2.46. The fourth-order valence-electron chi connectivity index (χ4n) is 5.91. The van der Waals surface area contributed by atoms with Crippen molar-refractivity contribution in [2.45, 2.75) is 70.2 Å². The fraction of sp³-hybridized carbons (Fsp3) is 0.467. The first-order valence-electron chi connectivity index (χ1n) is 13.9. The van der Waals surface area contributed by atoms with Crippen LogP contribution < -0.4 is 16.0 Å². The van der Waals surface area contributed by atoms with Crippen LogP contribution in [0, 0.1) is 6.92 Å². The second kappa shape index (κ2) is 11.0. The lowest BCUT2D eigenvalue weighted by Crippen LogP contribution is -2.46. The van der Waals surface area contributed by atoms with Gasteiger partial charge in [0.15, 0.2) is 0 Å². The normalized spacial score (nSPS) is 17.5. The molecule has 41 heavy (non-hydrogen) atoms. The Morgan fingerprint density at radius 1 is 1.22 bits per heavy atom. The highest BCUT2D eigenvalue weighted by molar-refractivity contribution is 7.22. The number of ether oxygens (including phenoxy) is 3. The Bertz CT molecular complexity index is 1690. The average molecular weight is 580 g/mol. The summed E-state index contributed by atoms with van der Waals surface area (Å²) in [5.74, 6) is 0.983. The van der Waals surface area contributed by atoms with Gasteiger partial charge in [0.1, 0.15) is 28.7 Å². The third-order valence-corrected chi connectivity index (χ3v) is 9.38. The Morgan fingerprint density at radius 3 is 2.63 bits per heavy atom. The van der Waals surface area contributed by atoms with Crippen molar-refractivity contribution in [2.75, 3.05) is 20.3 Å². The van der Waals surface area contributed by atoms with E-state index in [1.54, 1.807) is 17.9 Å². The molecule has 10 nitrogen and oxygen atoms in total. The minimum Gasteiger partial charge on any atom is -0.496 e. The van der Waals surface area contributed by atoms with Crippen molar-refractivity contribution < 1.29 is 23.4 Å². The van der Waals surface area contributed by atoms with Crippen molar-refractivity contribution in [1.82, 2.24) is 14.1 Å². The van der Waals surface area contributed by atoms with Crippen LogP contribution in [0.25, 0.3) is 21.0 Å². The van der Waals surface area contributed by atoms with Gasteiger partial charge in [0, 0.05) is 25.2 Å². The third-order valence-electron chi connectivity index (χ3n) is 8.08. The number of Topliss-reactive ketones (excluding diaryl/α,β-unsaturated/α-hetero) is 1. The molecule has 1 aliphatic heterocycles. The van der Waals surface area contributed by atoms with E-state index in [4.69, 9.17) is 18.6 Å². The molecule has 1 saturated carbocycles. The smallest absolute Gasteiger partial charge is 0.332 e. The Balaban J connectivity index is 1.56. The summed E-state index contributed by atoms with van der Waals surface area (Å²) in [6, 6.07) is 7.62. The number of thiophene rings is 1. The van der Waals surface area contributed by atoms with Crippen LogP contribution in [0.5, 0.6) is 5.75 Å². The third kappa shape index (κ3) is 5.06. The minimum atomic E-state index is -0.811. The first-order chi connectivity index (χ1) is 19.8. The number of hydrogen-bond donors (Lipinski definition) is 0. The van der Waals surface area contributed by atoms with Crippen molar-refractivity contribution in [3.05, 3.63) is 68.7 Å². The van der Waals surface area contributed by atoms with Crippen LogP contribution in [0.4, 0.5) is 0 Å². The van der Waals surface area contributed by atoms with Gasteiger partial charge >= 0.3 is 5.69 Å². The predicted molar refractivity (Wildman–Crippen MR) is 154 cm³/mol. The van der Waals surface area contributed by atoms with Gasteiger partial charge in [0.05, 0.1) is 41.8 Å². The highest BCUT2D eigenvalue weighted by Gasteiger charge is 2.48. The topological polar surface area (TPSA) is 115 Å². The van der Waals surface area contributed by atoms with Crippen LogP contribution in [0.15, 0.2) is 50.7 Å². The van der Waals surface area contributed by atoms with E-state index in [1.807, 2.05) is 31.2 Å². The Labute approximate surface area is 240 Å². The number of aromatic nitrogens is 3. The number of ketones is 1. The minimum absolute atomic E-state index is 0.0577. The van der Waals surface area contributed by atoms with Crippen LogP contribution in [-0.2, 0) is 26.4 Å². The van der Waals surface area contributed by atoms with E-state index in [0.29, 0.717) is 58.4 Å². The SMILES string of the molecule is COc1ccccc1C(Cn1c(=O)n(C2(CC(C)=O)CC2)c(=O)c2c(C)c(-c3ncco3)sc21)OC1CCOCC1. The predicted octanol–water partition coefficient (Wildman–Crippen LogP) is 4.60. The quantitative estimate of drug-likeness (QED) is 0.268. The van der Waals surface area contributed by atoms with Gasteiger partial charge in [-0.3, -0.25) is 18.7 Å². The van der Waals surface area contributed by atoms with E-state index in [1.165, 1.54) is 29.1 Å².